The van der Waals surface area contributed by atoms with Crippen LogP contribution in [0.3, 0.4) is 0 Å². The molecule has 4 aliphatic carbocycles. The lowest BCUT2D eigenvalue weighted by Crippen LogP contribution is -2.62. The molecular formula is C21H26NO3+. The van der Waals surface area contributed by atoms with Crippen LogP contribution in [0.5, 0.6) is 0 Å². The minimum Gasteiger partial charge on any atom is -0.389 e. The zero-order valence-electron chi connectivity index (χ0n) is 14.5. The average molecular weight is 340 g/mol. The van der Waals surface area contributed by atoms with Crippen molar-refractivity contribution in [2.24, 2.45) is 17.8 Å². The van der Waals surface area contributed by atoms with Gasteiger partial charge in [0, 0.05) is 42.7 Å². The van der Waals surface area contributed by atoms with E-state index in [1.54, 1.807) is 0 Å². The fourth-order valence-corrected chi connectivity index (χ4v) is 6.29. The summed E-state index contributed by atoms with van der Waals surface area (Å²) in [6.07, 6.45) is 4.01. The largest absolute Gasteiger partial charge is 0.389 e. The Kier molecular flexibility index (Phi) is 3.45. The Labute approximate surface area is 148 Å². The van der Waals surface area contributed by atoms with Gasteiger partial charge in [0.15, 0.2) is 6.10 Å². The molecule has 6 rings (SSSR count). The Balaban J connectivity index is 1.51. The lowest BCUT2D eigenvalue weighted by molar-refractivity contribution is -0.148. The van der Waals surface area contributed by atoms with Crippen molar-refractivity contribution in [3.8, 4) is 0 Å². The lowest BCUT2D eigenvalue weighted by Gasteiger charge is -2.58. The number of benzene rings is 1. The van der Waals surface area contributed by atoms with Crippen LogP contribution in [0, 0.1) is 23.7 Å². The summed E-state index contributed by atoms with van der Waals surface area (Å²) in [5, 5.41) is 20.0. The van der Waals surface area contributed by atoms with Gasteiger partial charge >= 0.3 is 0 Å². The number of carbonyl (C=O) groups excluding carboxylic acids is 1. The summed E-state index contributed by atoms with van der Waals surface area (Å²) in [6, 6.07) is 10.6. The van der Waals surface area contributed by atoms with Crippen LogP contribution in [0.25, 0.3) is 0 Å². The zero-order valence-corrected chi connectivity index (χ0v) is 14.5. The molecule has 4 bridgehead atoms. The van der Waals surface area contributed by atoms with Crippen molar-refractivity contribution >= 4 is 5.91 Å². The van der Waals surface area contributed by atoms with Crippen molar-refractivity contribution in [2.45, 2.75) is 49.7 Å². The molecule has 1 aromatic carbocycles. The molecule has 1 amide bonds. The average Bonchev–Trinajstić information content (AvgIpc) is 2.58. The van der Waals surface area contributed by atoms with Gasteiger partial charge in [0.05, 0.1) is 18.9 Å². The fraction of sp³-hybridized carbons (Fsp3) is 0.619. The summed E-state index contributed by atoms with van der Waals surface area (Å²) in [7, 11) is 0. The van der Waals surface area contributed by atoms with E-state index in [0.717, 1.165) is 25.7 Å². The van der Waals surface area contributed by atoms with Crippen LogP contribution in [0.15, 0.2) is 30.3 Å². The van der Waals surface area contributed by atoms with Crippen molar-refractivity contribution in [3.63, 3.8) is 0 Å². The Bertz CT molecular complexity index is 637. The molecule has 132 valence electrons. The number of aliphatic hydroxyl groups is 2. The topological polar surface area (TPSA) is 60.8 Å². The summed E-state index contributed by atoms with van der Waals surface area (Å²) in [5.41, 5.74) is 1.20. The number of nitrogens with zero attached hydrogens (tertiary/aromatic N) is 1. The third-order valence-electron chi connectivity index (χ3n) is 7.48. The normalized spacial score (nSPS) is 39.6. The number of likely N-dealkylation sites (tertiary alicyclic amines) is 1. The molecule has 2 unspecified atom stereocenters. The van der Waals surface area contributed by atoms with Gasteiger partial charge in [-0.05, 0) is 18.4 Å². The maximum Gasteiger partial charge on any atom is 0.223 e. The predicted molar refractivity (Wildman–Crippen MR) is 93.5 cm³/mol. The first-order valence-corrected chi connectivity index (χ1v) is 9.62. The zero-order chi connectivity index (χ0) is 17.2. The van der Waals surface area contributed by atoms with Crippen LogP contribution in [-0.2, 0) is 10.2 Å². The number of hydrogen-bond donors (Lipinski definition) is 2. The van der Waals surface area contributed by atoms with Crippen LogP contribution in [-0.4, -0.2) is 46.3 Å². The van der Waals surface area contributed by atoms with Gasteiger partial charge in [-0.3, -0.25) is 4.79 Å². The standard InChI is InChI=1S/C21H26NO3/c23-18-11-22(12-18)19(24)10-21(15-4-2-1-3-5-15)16-6-13-7-17(21)9-14(8-16)20(13)25/h1-5,13,16-18,20,23,25H,6-12H2/q+1/t13?,16-,17+,20-,21?/m1/s1. The number of carbonyl (C=O) groups is 1. The summed E-state index contributed by atoms with van der Waals surface area (Å²) >= 11 is 0. The lowest BCUT2D eigenvalue weighted by atomic mass is 9.42. The number of β-amino-alcohol motifs (C(OH)–C–C–N with tert-alkyl or cyclic N) is 1. The third kappa shape index (κ3) is 2.20. The summed E-state index contributed by atoms with van der Waals surface area (Å²) in [6.45, 7) is 0.968. The van der Waals surface area contributed by atoms with Crippen LogP contribution >= 0.6 is 0 Å². The van der Waals surface area contributed by atoms with Gasteiger partial charge in [-0.2, -0.15) is 0 Å². The maximum atomic E-state index is 13.0. The van der Waals surface area contributed by atoms with Gasteiger partial charge in [0.2, 0.25) is 5.91 Å². The fourth-order valence-electron chi connectivity index (χ4n) is 6.29. The van der Waals surface area contributed by atoms with Gasteiger partial charge in [-0.25, -0.2) is 0 Å². The second-order valence-corrected chi connectivity index (χ2v) is 8.67. The highest BCUT2D eigenvalue weighted by Crippen LogP contribution is 2.64. The van der Waals surface area contributed by atoms with E-state index in [9.17, 15) is 15.0 Å². The van der Waals surface area contributed by atoms with Crippen molar-refractivity contribution in [1.29, 1.82) is 0 Å². The summed E-state index contributed by atoms with van der Waals surface area (Å²) in [4.78, 5) is 14.8. The van der Waals surface area contributed by atoms with E-state index < -0.39 is 0 Å². The van der Waals surface area contributed by atoms with E-state index in [2.05, 4.69) is 24.3 Å². The Morgan fingerprint density at radius 2 is 1.76 bits per heavy atom. The molecule has 4 heteroatoms. The minimum atomic E-state index is -0.346. The molecule has 0 aromatic heterocycles. The van der Waals surface area contributed by atoms with Crippen molar-refractivity contribution in [1.82, 2.24) is 4.90 Å². The number of aliphatic hydroxyl groups excluding tert-OH is 2. The third-order valence-corrected chi connectivity index (χ3v) is 7.48. The van der Waals surface area contributed by atoms with Crippen LogP contribution in [0.1, 0.15) is 37.7 Å². The Morgan fingerprint density at radius 3 is 2.32 bits per heavy atom. The number of rotatable bonds is 3. The quantitative estimate of drug-likeness (QED) is 0.826. The van der Waals surface area contributed by atoms with Gasteiger partial charge in [0.25, 0.3) is 0 Å². The van der Waals surface area contributed by atoms with E-state index in [0.29, 0.717) is 37.3 Å². The molecule has 1 aliphatic heterocycles. The molecule has 25 heavy (non-hydrogen) atoms. The number of amides is 1. The highest BCUT2D eigenvalue weighted by Gasteiger charge is 2.66. The van der Waals surface area contributed by atoms with Gasteiger partial charge < -0.3 is 15.1 Å². The predicted octanol–water partition coefficient (Wildman–Crippen LogP) is 1.90. The van der Waals surface area contributed by atoms with Crippen LogP contribution in [0.2, 0.25) is 0 Å². The van der Waals surface area contributed by atoms with E-state index in [4.69, 9.17) is 0 Å². The van der Waals surface area contributed by atoms with E-state index in [-0.39, 0.29) is 23.5 Å². The summed E-state index contributed by atoms with van der Waals surface area (Å²) < 4.78 is 0. The molecule has 0 radical (unpaired) electrons. The molecule has 1 aromatic rings. The van der Waals surface area contributed by atoms with Crippen molar-refractivity contribution < 1.29 is 15.0 Å². The van der Waals surface area contributed by atoms with Crippen LogP contribution < -0.4 is 0 Å². The first-order valence-electron chi connectivity index (χ1n) is 9.62. The van der Waals surface area contributed by atoms with Crippen molar-refractivity contribution in [2.75, 3.05) is 13.1 Å². The van der Waals surface area contributed by atoms with E-state index in [1.165, 1.54) is 11.5 Å². The Hall–Kier alpha value is -1.52. The number of hydrogen-bond acceptors (Lipinski definition) is 3. The molecule has 5 atom stereocenters. The molecule has 4 nitrogen and oxygen atoms in total. The van der Waals surface area contributed by atoms with Gasteiger partial charge in [-0.15, -0.1) is 0 Å². The second kappa shape index (κ2) is 5.49. The molecule has 4 saturated carbocycles. The Morgan fingerprint density at radius 1 is 1.12 bits per heavy atom. The second-order valence-electron chi connectivity index (χ2n) is 8.67. The summed E-state index contributed by atoms with van der Waals surface area (Å²) in [5.74, 6) is 2.83. The van der Waals surface area contributed by atoms with Crippen LogP contribution in [0.4, 0.5) is 0 Å². The van der Waals surface area contributed by atoms with Gasteiger partial charge in [-0.1, -0.05) is 30.3 Å². The van der Waals surface area contributed by atoms with E-state index in [1.807, 2.05) is 11.0 Å². The molecule has 5 fully saturated rings. The highest BCUT2D eigenvalue weighted by atomic mass is 16.3. The van der Waals surface area contributed by atoms with E-state index >= 15 is 0 Å². The molecule has 2 N–H and O–H groups in total. The maximum absolute atomic E-state index is 13.0. The highest BCUT2D eigenvalue weighted by molar-refractivity contribution is 5.79. The molecule has 0 spiro atoms. The SMILES string of the molecule is O=C(CC1(c2ccccc2)[C@@H]2C[C+]3C[C@H]1CC(C2)[C@H]3O)N1CC(O)C1. The first kappa shape index (κ1) is 15.7. The molecule has 5 aliphatic rings. The monoisotopic (exact) mass is 340 g/mol. The minimum absolute atomic E-state index is 0.0982. The van der Waals surface area contributed by atoms with Gasteiger partial charge in [0.1, 0.15) is 5.92 Å². The molecular weight excluding hydrogens is 314 g/mol. The molecule has 1 saturated heterocycles. The first-order chi connectivity index (χ1) is 12.1. The molecule has 1 heterocycles. The van der Waals surface area contributed by atoms with Crippen molar-refractivity contribution in [3.05, 3.63) is 41.8 Å². The smallest absolute Gasteiger partial charge is 0.223 e.